The Morgan fingerprint density at radius 1 is 0.615 bits per heavy atom. The van der Waals surface area contributed by atoms with Crippen LogP contribution in [0.5, 0.6) is 0 Å². The van der Waals surface area contributed by atoms with Gasteiger partial charge in [0.25, 0.3) is 0 Å². The van der Waals surface area contributed by atoms with Crippen molar-refractivity contribution in [1.82, 2.24) is 0 Å². The van der Waals surface area contributed by atoms with Crippen molar-refractivity contribution in [3.63, 3.8) is 0 Å². The molecule has 7 rings (SSSR count). The molecule has 0 aliphatic heterocycles. The summed E-state index contributed by atoms with van der Waals surface area (Å²) >= 11 is 0. The van der Waals surface area contributed by atoms with Crippen LogP contribution in [0.4, 0.5) is 0 Å². The van der Waals surface area contributed by atoms with Gasteiger partial charge in [-0.3, -0.25) is 0 Å². The Labute approximate surface area is 309 Å². The summed E-state index contributed by atoms with van der Waals surface area (Å²) in [5, 5.41) is 26.7. The predicted molar refractivity (Wildman–Crippen MR) is 207 cm³/mol. The number of nitrogens with zero attached hydrogens (tertiary/aromatic N) is 2. The van der Waals surface area contributed by atoms with E-state index in [2.05, 4.69) is 88.4 Å². The second-order valence-corrected chi connectivity index (χ2v) is 14.9. The van der Waals surface area contributed by atoms with Crippen LogP contribution in [0.3, 0.4) is 0 Å². The van der Waals surface area contributed by atoms with Crippen LogP contribution in [-0.2, 0) is 33.1 Å². The fourth-order valence-corrected chi connectivity index (χ4v) is 9.93. The highest BCUT2D eigenvalue weighted by molar-refractivity contribution is 6.12. The summed E-state index contributed by atoms with van der Waals surface area (Å²) in [6, 6.07) is 23.2. The number of aryl methyl sites for hydroxylation is 2. The molecule has 2 unspecified atom stereocenters. The van der Waals surface area contributed by atoms with Crippen molar-refractivity contribution in [2.45, 2.75) is 116 Å². The number of benzene rings is 4. The Kier molecular flexibility index (Phi) is 10.8. The lowest BCUT2D eigenvalue weighted by molar-refractivity contribution is 0.0553. The first-order chi connectivity index (χ1) is 25.3. The smallest absolute Gasteiger partial charge is 0.339 e. The van der Waals surface area contributed by atoms with E-state index in [1.54, 1.807) is 0 Å². The molecule has 0 heterocycles. The molecule has 3 aliphatic carbocycles. The van der Waals surface area contributed by atoms with Gasteiger partial charge in [-0.25, -0.2) is 9.59 Å². The standard InChI is InChI=1S/C46H52N2O4/c1-7-11-19-31-33-25-37-38(26-34(33)32(20-12-8-2)42(44(50)52-6)41(31)43(49)51-5)46(22-14-10-4)36-24-30-18-16-15-17-29(30)23-35(36)45(37,21-13-9-3)39(27-47)40(46)28-48/h15-18,23-26,39-40H,7-14,19-22H2,1-6H3/t39?,40?,45-,46-/m0/s1. The quantitative estimate of drug-likeness (QED) is 0.122. The minimum Gasteiger partial charge on any atom is -0.465 e. The van der Waals surface area contributed by atoms with Crippen molar-refractivity contribution in [3.05, 3.63) is 93.0 Å². The number of nitriles is 2. The molecular formula is C46H52N2O4. The molecule has 0 spiro atoms. The van der Waals surface area contributed by atoms with Crippen LogP contribution in [0.15, 0.2) is 48.5 Å². The molecule has 3 aliphatic rings. The second kappa shape index (κ2) is 15.1. The molecule has 0 fully saturated rings. The molecule has 0 amide bonds. The molecule has 0 saturated carbocycles. The van der Waals surface area contributed by atoms with Crippen molar-refractivity contribution in [2.75, 3.05) is 14.2 Å². The topological polar surface area (TPSA) is 100 Å². The highest BCUT2D eigenvalue weighted by atomic mass is 16.5. The Bertz CT molecular complexity index is 1970. The van der Waals surface area contributed by atoms with Gasteiger partial charge in [0.2, 0.25) is 0 Å². The third-order valence-corrected chi connectivity index (χ3v) is 12.3. The summed E-state index contributed by atoms with van der Waals surface area (Å²) in [6.07, 6.45) is 9.74. The van der Waals surface area contributed by atoms with Crippen molar-refractivity contribution in [3.8, 4) is 12.1 Å². The van der Waals surface area contributed by atoms with Gasteiger partial charge in [0.15, 0.2) is 0 Å². The van der Waals surface area contributed by atoms with Crippen LogP contribution in [0.2, 0.25) is 0 Å². The fraction of sp³-hybridized carbons (Fsp3) is 0.478. The third kappa shape index (κ3) is 5.41. The zero-order chi connectivity index (χ0) is 37.2. The molecule has 52 heavy (non-hydrogen) atoms. The molecule has 4 atom stereocenters. The van der Waals surface area contributed by atoms with E-state index >= 15 is 0 Å². The fourth-order valence-electron chi connectivity index (χ4n) is 9.93. The molecule has 4 aromatic rings. The Morgan fingerprint density at radius 3 is 1.31 bits per heavy atom. The summed E-state index contributed by atoms with van der Waals surface area (Å²) in [6.45, 7) is 8.60. The lowest BCUT2D eigenvalue weighted by Gasteiger charge is -2.60. The monoisotopic (exact) mass is 696 g/mol. The molecule has 4 aromatic carbocycles. The SMILES string of the molecule is CCCCc1c(C(=O)OC)c(C(=O)OC)c(CCCC)c2cc3c(cc12)[C@]1(CCCC)c2cc4ccccc4cc2[C@]3(CCCC)C(C#N)C1C#N. The van der Waals surface area contributed by atoms with Gasteiger partial charge in [-0.1, -0.05) is 90.5 Å². The second-order valence-electron chi connectivity index (χ2n) is 14.9. The molecule has 6 heteroatoms. The first-order valence-electron chi connectivity index (χ1n) is 19.4. The number of esters is 2. The number of carbonyl (C=O) groups excluding carboxylic acids is 2. The highest BCUT2D eigenvalue weighted by Gasteiger charge is 2.65. The summed E-state index contributed by atoms with van der Waals surface area (Å²) in [5.41, 5.74) is 5.25. The largest absolute Gasteiger partial charge is 0.465 e. The zero-order valence-corrected chi connectivity index (χ0v) is 31.8. The number of fused-ring (bicyclic) bond motifs is 3. The number of hydrogen-bond donors (Lipinski definition) is 0. The summed E-state index contributed by atoms with van der Waals surface area (Å²) in [5.74, 6) is -2.20. The predicted octanol–water partition coefficient (Wildman–Crippen LogP) is 10.8. The van der Waals surface area contributed by atoms with Gasteiger partial charge < -0.3 is 9.47 Å². The third-order valence-electron chi connectivity index (χ3n) is 12.3. The maximum absolute atomic E-state index is 13.9. The maximum Gasteiger partial charge on any atom is 0.339 e. The lowest BCUT2D eigenvalue weighted by Crippen LogP contribution is -2.59. The number of carbonyl (C=O) groups is 2. The summed E-state index contributed by atoms with van der Waals surface area (Å²) < 4.78 is 10.8. The lowest BCUT2D eigenvalue weighted by atomic mass is 9.39. The van der Waals surface area contributed by atoms with Crippen LogP contribution in [0.25, 0.3) is 21.5 Å². The molecular weight excluding hydrogens is 645 g/mol. The molecule has 2 bridgehead atoms. The van der Waals surface area contributed by atoms with Gasteiger partial charge in [0.1, 0.15) is 0 Å². The number of rotatable bonds is 14. The van der Waals surface area contributed by atoms with Crippen molar-refractivity contribution in [2.24, 2.45) is 11.8 Å². The first-order valence-corrected chi connectivity index (χ1v) is 19.4. The number of hydrogen-bond acceptors (Lipinski definition) is 6. The van der Waals surface area contributed by atoms with Crippen molar-refractivity contribution < 1.29 is 19.1 Å². The number of methoxy groups -OCH3 is 2. The van der Waals surface area contributed by atoms with E-state index < -0.39 is 34.6 Å². The zero-order valence-electron chi connectivity index (χ0n) is 31.8. The number of unbranched alkanes of at least 4 members (excludes halogenated alkanes) is 4. The highest BCUT2D eigenvalue weighted by Crippen LogP contribution is 2.68. The van der Waals surface area contributed by atoms with E-state index in [-0.39, 0.29) is 0 Å². The van der Waals surface area contributed by atoms with E-state index in [4.69, 9.17) is 9.47 Å². The normalized spacial score (nSPS) is 21.3. The van der Waals surface area contributed by atoms with Crippen molar-refractivity contribution in [1.29, 1.82) is 10.5 Å². The van der Waals surface area contributed by atoms with Gasteiger partial charge in [0.05, 0.1) is 49.3 Å². The summed E-state index contributed by atoms with van der Waals surface area (Å²) in [7, 11) is 2.74. The number of ether oxygens (including phenoxy) is 2. The van der Waals surface area contributed by atoms with E-state index in [1.807, 2.05) is 0 Å². The van der Waals surface area contributed by atoms with E-state index in [0.29, 0.717) is 24.0 Å². The molecule has 0 N–H and O–H groups in total. The van der Waals surface area contributed by atoms with Gasteiger partial charge in [0, 0.05) is 10.8 Å². The Balaban J connectivity index is 1.90. The van der Waals surface area contributed by atoms with Crippen LogP contribution >= 0.6 is 0 Å². The molecule has 0 radical (unpaired) electrons. The first kappa shape index (κ1) is 37.1. The average Bonchev–Trinajstić information content (AvgIpc) is 3.18. The van der Waals surface area contributed by atoms with Gasteiger partial charge in [-0.05, 0) is 118 Å². The minimum absolute atomic E-state index is 0.295. The minimum atomic E-state index is -0.736. The van der Waals surface area contributed by atoms with Crippen LogP contribution in [0, 0.1) is 34.5 Å². The van der Waals surface area contributed by atoms with Gasteiger partial charge in [-0.2, -0.15) is 10.5 Å². The van der Waals surface area contributed by atoms with E-state index in [1.165, 1.54) is 25.3 Å². The average molecular weight is 697 g/mol. The maximum atomic E-state index is 13.9. The van der Waals surface area contributed by atoms with Crippen LogP contribution in [0.1, 0.15) is 146 Å². The van der Waals surface area contributed by atoms with Gasteiger partial charge in [-0.15, -0.1) is 0 Å². The van der Waals surface area contributed by atoms with E-state index in [9.17, 15) is 20.1 Å². The molecule has 6 nitrogen and oxygen atoms in total. The summed E-state index contributed by atoms with van der Waals surface area (Å²) in [4.78, 5) is 27.7. The van der Waals surface area contributed by atoms with E-state index in [0.717, 1.165) is 108 Å². The molecule has 0 aromatic heterocycles. The Morgan fingerprint density at radius 2 is 0.981 bits per heavy atom. The van der Waals surface area contributed by atoms with Crippen LogP contribution in [-0.4, -0.2) is 26.2 Å². The van der Waals surface area contributed by atoms with Crippen LogP contribution < -0.4 is 0 Å². The van der Waals surface area contributed by atoms with Gasteiger partial charge >= 0.3 is 11.9 Å². The molecule has 0 saturated heterocycles. The molecule has 270 valence electrons. The Hall–Kier alpha value is -4.68. The van der Waals surface area contributed by atoms with Crippen molar-refractivity contribution >= 4 is 33.5 Å².